The summed E-state index contributed by atoms with van der Waals surface area (Å²) < 4.78 is 58.5. The lowest BCUT2D eigenvalue weighted by Gasteiger charge is -2.12. The molecule has 0 aromatic carbocycles. The average Bonchev–Trinajstić information content (AvgIpc) is 2.13. The molecule has 0 saturated heterocycles. The molecule has 0 aromatic rings. The van der Waals surface area contributed by atoms with Crippen LogP contribution in [0.15, 0.2) is 0 Å². The van der Waals surface area contributed by atoms with E-state index in [1.54, 1.807) is 0 Å². The third-order valence-corrected chi connectivity index (χ3v) is 1.12. The lowest BCUT2D eigenvalue weighted by atomic mass is 10.5. The highest BCUT2D eigenvalue weighted by molar-refractivity contribution is 6.76. The first-order chi connectivity index (χ1) is 7.25. The van der Waals surface area contributed by atoms with Crippen LogP contribution >= 0.6 is 0 Å². The molecule has 0 bridgehead atoms. The van der Waals surface area contributed by atoms with Gasteiger partial charge in [0.2, 0.25) is 0 Å². The Morgan fingerprint density at radius 2 is 2.67 bits per heavy atom. The van der Waals surface area contributed by atoms with E-state index in [1.165, 1.54) is 0 Å². The van der Waals surface area contributed by atoms with Crippen molar-refractivity contribution in [1.29, 1.82) is 0 Å². The Hall–Kier alpha value is -0.313. The number of rotatable bonds is 3. The quantitative estimate of drug-likeness (QED) is 0.629. The Balaban J connectivity index is 5.81. The molecular weight excluding hydrogens is 132 g/mol. The number of carboxylic acids is 1. The van der Waals surface area contributed by atoms with Gasteiger partial charge in [0.15, 0.2) is 0 Å². The van der Waals surface area contributed by atoms with Crippen LogP contribution in [-0.4, -0.2) is 19.1 Å². The van der Waals surface area contributed by atoms with Crippen LogP contribution < -0.4 is 0 Å². The van der Waals surface area contributed by atoms with Crippen molar-refractivity contribution in [3.05, 3.63) is 0 Å². The Kier molecular flexibility index (Phi) is 0.698. The highest BCUT2D eigenvalue weighted by Gasteiger charge is 2.13. The minimum atomic E-state index is -4.11. The predicted octanol–water partition coefficient (Wildman–Crippen LogP) is 1.80. The molecule has 0 spiro atoms. The van der Waals surface area contributed by atoms with Crippen LogP contribution in [0.25, 0.3) is 0 Å². The van der Waals surface area contributed by atoms with Gasteiger partial charge in [-0.15, -0.1) is 0 Å². The first-order valence-electron chi connectivity index (χ1n) is 6.49. The van der Waals surface area contributed by atoms with E-state index in [0.717, 1.165) is 6.55 Å². The summed E-state index contributed by atoms with van der Waals surface area (Å²) in [6, 6.07) is 0. The van der Waals surface area contributed by atoms with E-state index < -0.39 is 39.4 Å². The maximum Gasteiger partial charge on any atom is 0.303 e. The van der Waals surface area contributed by atoms with Crippen LogP contribution in [0.4, 0.5) is 0 Å². The van der Waals surface area contributed by atoms with Gasteiger partial charge in [-0.2, -0.15) is 0 Å². The summed E-state index contributed by atoms with van der Waals surface area (Å²) in [5.41, 5.74) is 0. The summed E-state index contributed by atoms with van der Waals surface area (Å²) in [7, 11) is -4.11. The van der Waals surface area contributed by atoms with Crippen molar-refractivity contribution in [2.75, 3.05) is 0 Å². The van der Waals surface area contributed by atoms with Gasteiger partial charge >= 0.3 is 5.97 Å². The molecule has 0 radical (unpaired) electrons. The number of carbonyl (C=O) groups is 1. The van der Waals surface area contributed by atoms with Gasteiger partial charge in [-0.25, -0.2) is 0 Å². The van der Waals surface area contributed by atoms with E-state index in [2.05, 4.69) is 0 Å². The minimum Gasteiger partial charge on any atom is -0.481 e. The van der Waals surface area contributed by atoms with Gasteiger partial charge < -0.3 is 5.11 Å². The molecular formula is C6H14O2Si. The third-order valence-electron chi connectivity index (χ3n) is 0.445. The van der Waals surface area contributed by atoms with Crippen LogP contribution in [0.3, 0.4) is 0 Å². The molecule has 2 nitrogen and oxygen atoms in total. The second kappa shape index (κ2) is 3.01. The van der Waals surface area contributed by atoms with Gasteiger partial charge in [0, 0.05) is 25.4 Å². The minimum absolute atomic E-state index is 0.816. The largest absolute Gasteiger partial charge is 0.481 e. The Labute approximate surface area is 68.1 Å². The fraction of sp³-hybridized carbons (Fsp3) is 0.833. The zero-order chi connectivity index (χ0) is 14.3. The predicted molar refractivity (Wildman–Crippen MR) is 40.4 cm³/mol. The lowest BCUT2D eigenvalue weighted by Crippen LogP contribution is -2.20. The fourth-order valence-corrected chi connectivity index (χ4v) is 0.574. The molecule has 1 N–H and O–H groups in total. The smallest absolute Gasteiger partial charge is 0.303 e. The van der Waals surface area contributed by atoms with Crippen molar-refractivity contribution < 1.29 is 20.9 Å². The molecule has 0 aliphatic heterocycles. The molecule has 0 aromatic heterocycles. The van der Waals surface area contributed by atoms with E-state index in [9.17, 15) is 4.79 Å². The SMILES string of the molecule is [2H]C[Si](C)(C([2H])([2H])[2H])C([2H])([2H])C([2H])([2H])C(=O)O. The van der Waals surface area contributed by atoms with Gasteiger partial charge in [-0.05, 0) is 6.00 Å². The first-order valence-corrected chi connectivity index (χ1v) is 4.99. The number of hydrogen-bond acceptors (Lipinski definition) is 1. The van der Waals surface area contributed by atoms with Crippen molar-refractivity contribution in [3.63, 3.8) is 0 Å². The fourth-order valence-electron chi connectivity index (χ4n) is 0.191. The Morgan fingerprint density at radius 3 is 3.00 bits per heavy atom. The van der Waals surface area contributed by atoms with Gasteiger partial charge in [-0.3, -0.25) is 4.79 Å². The van der Waals surface area contributed by atoms with Crippen molar-refractivity contribution in [3.8, 4) is 0 Å². The Morgan fingerprint density at radius 1 is 2.00 bits per heavy atom. The molecule has 0 aliphatic carbocycles. The molecule has 3 heteroatoms. The maximum absolute atomic E-state index is 10.7. The second-order valence-electron chi connectivity index (χ2n) is 1.89. The summed E-state index contributed by atoms with van der Waals surface area (Å²) in [4.78, 5) is 10.7. The molecule has 0 fully saturated rings. The topological polar surface area (TPSA) is 37.3 Å². The molecule has 0 aliphatic rings. The van der Waals surface area contributed by atoms with Crippen molar-refractivity contribution in [2.45, 2.75) is 31.9 Å². The van der Waals surface area contributed by atoms with Crippen molar-refractivity contribution >= 4 is 14.0 Å². The summed E-state index contributed by atoms with van der Waals surface area (Å²) in [6.07, 6.45) is -3.33. The molecule has 0 heterocycles. The van der Waals surface area contributed by atoms with Crippen LogP contribution in [0.1, 0.15) is 17.3 Å². The van der Waals surface area contributed by atoms with Crippen LogP contribution in [0, 0.1) is 0 Å². The molecule has 1 unspecified atom stereocenters. The van der Waals surface area contributed by atoms with Crippen LogP contribution in [0.5, 0.6) is 0 Å². The first kappa shape index (κ1) is 2.09. The van der Waals surface area contributed by atoms with Crippen molar-refractivity contribution in [1.82, 2.24) is 0 Å². The summed E-state index contributed by atoms with van der Waals surface area (Å²) in [6.45, 7) is -2.67. The molecule has 0 rings (SSSR count). The second-order valence-corrected chi connectivity index (χ2v) is 4.80. The van der Waals surface area contributed by atoms with E-state index in [-0.39, 0.29) is 0 Å². The third kappa shape index (κ3) is 7.69. The Bertz CT molecular complexity index is 314. The van der Waals surface area contributed by atoms with Crippen LogP contribution in [-0.2, 0) is 4.79 Å². The van der Waals surface area contributed by atoms with E-state index in [1.807, 2.05) is 0 Å². The normalized spacial score (nSPS) is 34.3. The highest BCUT2D eigenvalue weighted by atomic mass is 28.3. The average molecular weight is 154 g/mol. The maximum atomic E-state index is 10.7. The van der Waals surface area contributed by atoms with Crippen molar-refractivity contribution in [2.24, 2.45) is 0 Å². The number of hydrogen-bond donors (Lipinski definition) is 1. The summed E-state index contributed by atoms with van der Waals surface area (Å²) in [5, 5.41) is 8.66. The summed E-state index contributed by atoms with van der Waals surface area (Å²) >= 11 is 0. The number of carboxylic acid groups (broad SMARTS) is 1. The van der Waals surface area contributed by atoms with Gasteiger partial charge in [-0.1, -0.05) is 19.5 Å². The van der Waals surface area contributed by atoms with E-state index >= 15 is 0 Å². The zero-order valence-corrected chi connectivity index (χ0v) is 6.06. The van der Waals surface area contributed by atoms with Gasteiger partial charge in [0.05, 0.1) is 0 Å². The molecule has 1 atom stereocenters. The van der Waals surface area contributed by atoms with Gasteiger partial charge in [0.25, 0.3) is 0 Å². The molecule has 0 amide bonds. The zero-order valence-electron chi connectivity index (χ0n) is 13.1. The number of aliphatic carboxylic acids is 1. The highest BCUT2D eigenvalue weighted by Crippen LogP contribution is 2.10. The van der Waals surface area contributed by atoms with E-state index in [0.29, 0.717) is 0 Å². The molecule has 0 saturated carbocycles. The molecule has 9 heavy (non-hydrogen) atoms. The van der Waals surface area contributed by atoms with E-state index in [4.69, 9.17) is 16.1 Å². The standard InChI is InChI=1S/C6H14O2Si/c1-9(2,3)5-4-6(7)8/h4-5H2,1-3H3,(H,7,8)/i1D,2D3,4D2,5D2. The van der Waals surface area contributed by atoms with Gasteiger partial charge in [0.1, 0.15) is 0 Å². The van der Waals surface area contributed by atoms with Crippen LogP contribution in [0.2, 0.25) is 25.5 Å². The monoisotopic (exact) mass is 154 g/mol. The molecule has 54 valence electrons. The lowest BCUT2D eigenvalue weighted by molar-refractivity contribution is -0.136. The summed E-state index contributed by atoms with van der Waals surface area (Å²) in [5.74, 6) is -5.13.